The number of aromatic nitrogens is 2. The molecule has 0 aliphatic carbocycles. The largest absolute Gasteiger partial charge is 0.265 e. The monoisotopic (exact) mass is 216 g/mol. The van der Waals surface area contributed by atoms with Gasteiger partial charge in [-0.3, -0.25) is 4.99 Å². The molecular formula is C12H16N4. The second kappa shape index (κ2) is 3.77. The van der Waals surface area contributed by atoms with Crippen molar-refractivity contribution >= 4 is 12.1 Å². The van der Waals surface area contributed by atoms with Crippen molar-refractivity contribution in [3.63, 3.8) is 0 Å². The highest BCUT2D eigenvalue weighted by Crippen LogP contribution is 2.21. The zero-order valence-electron chi connectivity index (χ0n) is 10.2. The van der Waals surface area contributed by atoms with Crippen LogP contribution >= 0.6 is 0 Å². The summed E-state index contributed by atoms with van der Waals surface area (Å²) in [4.78, 5) is 17.3. The van der Waals surface area contributed by atoms with Gasteiger partial charge in [0.25, 0.3) is 0 Å². The average molecular weight is 216 g/mol. The number of nitrogens with zero attached hydrogens (tertiary/aromatic N) is 4. The predicted octanol–water partition coefficient (Wildman–Crippen LogP) is 2.16. The molecule has 16 heavy (non-hydrogen) atoms. The highest BCUT2D eigenvalue weighted by atomic mass is 15.0. The first-order valence-electron chi connectivity index (χ1n) is 5.38. The van der Waals surface area contributed by atoms with Crippen LogP contribution in [0.3, 0.4) is 0 Å². The lowest BCUT2D eigenvalue weighted by molar-refractivity contribution is 0.582. The Bertz CT molecular complexity index is 466. The molecule has 1 aliphatic heterocycles. The molecule has 1 aliphatic rings. The normalized spacial score (nSPS) is 15.4. The fourth-order valence-electron chi connectivity index (χ4n) is 1.57. The van der Waals surface area contributed by atoms with Gasteiger partial charge in [0.1, 0.15) is 12.2 Å². The Hall–Kier alpha value is -1.58. The number of rotatable bonds is 0. The van der Waals surface area contributed by atoms with Crippen molar-refractivity contribution in [3.8, 4) is 0 Å². The van der Waals surface area contributed by atoms with Crippen LogP contribution in [0.25, 0.3) is 0 Å². The average Bonchev–Trinajstić information content (AvgIpc) is 2.40. The molecule has 0 N–H and O–H groups in total. The lowest BCUT2D eigenvalue weighted by Gasteiger charge is -2.16. The van der Waals surface area contributed by atoms with E-state index in [9.17, 15) is 0 Å². The van der Waals surface area contributed by atoms with Crippen LogP contribution in [0, 0.1) is 12.3 Å². The third-order valence-electron chi connectivity index (χ3n) is 2.56. The number of aliphatic imine (C=N–C) groups is 2. The molecule has 0 radical (unpaired) electrons. The topological polar surface area (TPSA) is 50.5 Å². The number of fused-ring (bicyclic) bond motifs is 1. The standard InChI is InChI=1S/C12H16N4/c1-8-9-5-13-11(12(2,3)4)14-6-10(9)16-7-15-8/h6-7H,5H2,1-4H3. The van der Waals surface area contributed by atoms with Crippen LogP contribution in [0.5, 0.6) is 0 Å². The molecule has 2 heterocycles. The number of hydrogen-bond acceptors (Lipinski definition) is 4. The first-order chi connectivity index (χ1) is 7.48. The summed E-state index contributed by atoms with van der Waals surface area (Å²) in [6.07, 6.45) is 3.36. The molecule has 0 saturated heterocycles. The maximum absolute atomic E-state index is 4.54. The fraction of sp³-hybridized carbons (Fsp3) is 0.500. The zero-order chi connectivity index (χ0) is 11.8. The van der Waals surface area contributed by atoms with Crippen LogP contribution in [0.4, 0.5) is 0 Å². The molecule has 0 amide bonds. The van der Waals surface area contributed by atoms with Crippen molar-refractivity contribution in [1.82, 2.24) is 9.97 Å². The molecule has 1 aromatic heterocycles. The van der Waals surface area contributed by atoms with Gasteiger partial charge in [-0.25, -0.2) is 15.0 Å². The van der Waals surface area contributed by atoms with Crippen LogP contribution < -0.4 is 0 Å². The van der Waals surface area contributed by atoms with Gasteiger partial charge in [-0.1, -0.05) is 20.8 Å². The van der Waals surface area contributed by atoms with Crippen molar-refractivity contribution in [2.45, 2.75) is 34.2 Å². The maximum Gasteiger partial charge on any atom is 0.129 e. The van der Waals surface area contributed by atoms with E-state index in [1.54, 1.807) is 12.5 Å². The molecule has 0 bridgehead atoms. The third-order valence-corrected chi connectivity index (χ3v) is 2.56. The van der Waals surface area contributed by atoms with E-state index in [0.29, 0.717) is 6.54 Å². The lowest BCUT2D eigenvalue weighted by atomic mass is 9.95. The molecule has 0 fully saturated rings. The van der Waals surface area contributed by atoms with Crippen LogP contribution in [-0.4, -0.2) is 22.0 Å². The molecule has 0 aromatic carbocycles. The number of amidine groups is 1. The Balaban J connectivity index is 2.44. The molecule has 2 rings (SSSR count). The van der Waals surface area contributed by atoms with E-state index in [1.165, 1.54) is 0 Å². The van der Waals surface area contributed by atoms with Gasteiger partial charge in [0.2, 0.25) is 0 Å². The highest BCUT2D eigenvalue weighted by Gasteiger charge is 2.20. The Morgan fingerprint density at radius 3 is 2.62 bits per heavy atom. The van der Waals surface area contributed by atoms with E-state index in [1.807, 2.05) is 6.92 Å². The van der Waals surface area contributed by atoms with Crippen LogP contribution in [0.2, 0.25) is 0 Å². The quantitative estimate of drug-likeness (QED) is 0.667. The maximum atomic E-state index is 4.54. The predicted molar refractivity (Wildman–Crippen MR) is 65.0 cm³/mol. The molecule has 0 unspecified atom stereocenters. The Labute approximate surface area is 95.6 Å². The number of hydrogen-bond donors (Lipinski definition) is 0. The second-order valence-corrected chi connectivity index (χ2v) is 4.97. The van der Waals surface area contributed by atoms with E-state index < -0.39 is 0 Å². The molecule has 84 valence electrons. The first kappa shape index (κ1) is 10.9. The minimum Gasteiger partial charge on any atom is -0.265 e. The SMILES string of the molecule is Cc1ncnc2c1CN=C(C(C)(C)C)N=C2. The lowest BCUT2D eigenvalue weighted by Crippen LogP contribution is -2.18. The van der Waals surface area contributed by atoms with Crippen molar-refractivity contribution < 1.29 is 0 Å². The van der Waals surface area contributed by atoms with E-state index >= 15 is 0 Å². The summed E-state index contributed by atoms with van der Waals surface area (Å²) in [5.74, 6) is 0.866. The Morgan fingerprint density at radius 1 is 1.19 bits per heavy atom. The van der Waals surface area contributed by atoms with Crippen LogP contribution in [0.15, 0.2) is 16.3 Å². The highest BCUT2D eigenvalue weighted by molar-refractivity contribution is 5.98. The summed E-state index contributed by atoms with van der Waals surface area (Å²) in [6.45, 7) is 8.92. The van der Waals surface area contributed by atoms with E-state index in [2.05, 4.69) is 40.7 Å². The second-order valence-electron chi connectivity index (χ2n) is 4.97. The van der Waals surface area contributed by atoms with Crippen molar-refractivity contribution in [1.29, 1.82) is 0 Å². The van der Waals surface area contributed by atoms with E-state index in [0.717, 1.165) is 22.8 Å². The molecule has 4 nitrogen and oxygen atoms in total. The smallest absolute Gasteiger partial charge is 0.129 e. The molecular weight excluding hydrogens is 200 g/mol. The molecule has 1 aromatic rings. The van der Waals surface area contributed by atoms with Gasteiger partial charge in [0.15, 0.2) is 0 Å². The summed E-state index contributed by atoms with van der Waals surface area (Å²) in [6, 6.07) is 0. The van der Waals surface area contributed by atoms with Crippen LogP contribution in [-0.2, 0) is 6.54 Å². The summed E-state index contributed by atoms with van der Waals surface area (Å²) in [5, 5.41) is 0. The van der Waals surface area contributed by atoms with Crippen LogP contribution in [0.1, 0.15) is 37.7 Å². The third kappa shape index (κ3) is 2.01. The van der Waals surface area contributed by atoms with Gasteiger partial charge >= 0.3 is 0 Å². The molecule has 0 saturated carbocycles. The molecule has 4 heteroatoms. The van der Waals surface area contributed by atoms with Gasteiger partial charge in [-0.15, -0.1) is 0 Å². The minimum absolute atomic E-state index is 0.0279. The van der Waals surface area contributed by atoms with Crippen molar-refractivity contribution in [2.75, 3.05) is 0 Å². The minimum atomic E-state index is -0.0279. The first-order valence-corrected chi connectivity index (χ1v) is 5.38. The van der Waals surface area contributed by atoms with Gasteiger partial charge in [0, 0.05) is 16.7 Å². The Morgan fingerprint density at radius 2 is 1.94 bits per heavy atom. The Kier molecular flexibility index (Phi) is 2.58. The summed E-state index contributed by atoms with van der Waals surface area (Å²) < 4.78 is 0. The van der Waals surface area contributed by atoms with Crippen molar-refractivity contribution in [2.24, 2.45) is 15.4 Å². The van der Waals surface area contributed by atoms with Gasteiger partial charge in [-0.05, 0) is 6.92 Å². The summed E-state index contributed by atoms with van der Waals surface area (Å²) >= 11 is 0. The zero-order valence-corrected chi connectivity index (χ0v) is 10.2. The molecule has 0 atom stereocenters. The van der Waals surface area contributed by atoms with Gasteiger partial charge < -0.3 is 0 Å². The number of aryl methyl sites for hydroxylation is 1. The van der Waals surface area contributed by atoms with E-state index in [4.69, 9.17) is 0 Å². The summed E-state index contributed by atoms with van der Waals surface area (Å²) in [5.41, 5.74) is 2.91. The summed E-state index contributed by atoms with van der Waals surface area (Å²) in [7, 11) is 0. The molecule has 0 spiro atoms. The van der Waals surface area contributed by atoms with E-state index in [-0.39, 0.29) is 5.41 Å². The fourth-order valence-corrected chi connectivity index (χ4v) is 1.57. The van der Waals surface area contributed by atoms with Gasteiger partial charge in [-0.2, -0.15) is 0 Å². The van der Waals surface area contributed by atoms with Crippen molar-refractivity contribution in [3.05, 3.63) is 23.3 Å². The van der Waals surface area contributed by atoms with Gasteiger partial charge in [0.05, 0.1) is 18.5 Å².